The second-order valence-electron chi connectivity index (χ2n) is 8.07. The van der Waals surface area contributed by atoms with Gasteiger partial charge in [0.25, 0.3) is 5.91 Å². The van der Waals surface area contributed by atoms with Gasteiger partial charge in [-0.15, -0.1) is 16.4 Å². The summed E-state index contributed by atoms with van der Waals surface area (Å²) in [5.41, 5.74) is 2.07. The summed E-state index contributed by atoms with van der Waals surface area (Å²) in [6, 6.07) is 2.23. The summed E-state index contributed by atoms with van der Waals surface area (Å²) in [5, 5.41) is 11.1. The molecule has 0 radical (unpaired) electrons. The zero-order valence-corrected chi connectivity index (χ0v) is 17.6. The fraction of sp³-hybridized carbons (Fsp3) is 0.524. The number of nitrogens with one attached hydrogen (secondary N) is 1. The Labute approximate surface area is 174 Å². The molecular weight excluding hydrogens is 386 g/mol. The van der Waals surface area contributed by atoms with Gasteiger partial charge in [-0.2, -0.15) is 0 Å². The van der Waals surface area contributed by atoms with Crippen LogP contribution < -0.4 is 5.32 Å². The first-order valence-corrected chi connectivity index (χ1v) is 11.1. The van der Waals surface area contributed by atoms with Crippen LogP contribution in [0.15, 0.2) is 24.9 Å². The second kappa shape index (κ2) is 8.49. The van der Waals surface area contributed by atoms with Crippen LogP contribution in [0.1, 0.15) is 58.0 Å². The molecule has 4 rings (SSSR count). The number of aromatic nitrogens is 3. The minimum absolute atomic E-state index is 0.110. The molecule has 0 aromatic carbocycles. The third-order valence-electron chi connectivity index (χ3n) is 5.78. The number of likely N-dealkylation sites (tertiary alicyclic amines) is 1. The third-order valence-corrected chi connectivity index (χ3v) is 7.01. The monoisotopic (exact) mass is 413 g/mol. The molecule has 2 amide bonds. The van der Waals surface area contributed by atoms with Crippen molar-refractivity contribution < 1.29 is 9.59 Å². The number of fused-ring (bicyclic) bond motifs is 1. The van der Waals surface area contributed by atoms with E-state index in [4.69, 9.17) is 0 Å². The Bertz CT molecular complexity index is 918. The topological polar surface area (TPSA) is 80.1 Å². The quantitative estimate of drug-likeness (QED) is 0.765. The fourth-order valence-electron chi connectivity index (χ4n) is 4.14. The Morgan fingerprint density at radius 3 is 3.10 bits per heavy atom. The predicted molar refractivity (Wildman–Crippen MR) is 112 cm³/mol. The van der Waals surface area contributed by atoms with Gasteiger partial charge in [-0.05, 0) is 55.7 Å². The predicted octanol–water partition coefficient (Wildman–Crippen LogP) is 2.74. The standard InChI is InChI=1S/C21H27N5O2S/c1-3-20(27)22-11-16-12-26(24-23-16)17-5-4-8-25(13-17)21(28)19-10-15-9-14(2)6-7-18(15)29-19/h3,10,12,14,17H,1,4-9,11,13H2,2H3,(H,22,27). The number of thiophene rings is 1. The van der Waals surface area contributed by atoms with Gasteiger partial charge in [0.15, 0.2) is 0 Å². The normalized spacial score (nSPS) is 21.5. The summed E-state index contributed by atoms with van der Waals surface area (Å²) in [6.45, 7) is 7.46. The van der Waals surface area contributed by atoms with Gasteiger partial charge < -0.3 is 10.2 Å². The number of carbonyl (C=O) groups excluding carboxylic acids is 2. The molecule has 154 valence electrons. The Morgan fingerprint density at radius 2 is 2.28 bits per heavy atom. The van der Waals surface area contributed by atoms with E-state index in [0.717, 1.165) is 37.1 Å². The van der Waals surface area contributed by atoms with Crippen LogP contribution in [0.3, 0.4) is 0 Å². The van der Waals surface area contributed by atoms with E-state index in [1.54, 1.807) is 11.3 Å². The molecule has 3 heterocycles. The SMILES string of the molecule is C=CC(=O)NCc1cn(C2CCCN(C(=O)c3cc4c(s3)CCC(C)C4)C2)nn1. The summed E-state index contributed by atoms with van der Waals surface area (Å²) in [4.78, 5) is 28.7. The lowest BCUT2D eigenvalue weighted by Gasteiger charge is -2.32. The Balaban J connectivity index is 1.41. The van der Waals surface area contributed by atoms with Crippen LogP contribution in [-0.2, 0) is 24.2 Å². The smallest absolute Gasteiger partial charge is 0.264 e. The average Bonchev–Trinajstić information content (AvgIpc) is 3.38. The van der Waals surface area contributed by atoms with Crippen molar-refractivity contribution in [1.29, 1.82) is 0 Å². The molecule has 0 spiro atoms. The molecule has 1 aliphatic heterocycles. The van der Waals surface area contributed by atoms with Crippen LogP contribution in [0.5, 0.6) is 0 Å². The van der Waals surface area contributed by atoms with Crippen LogP contribution >= 0.6 is 11.3 Å². The van der Waals surface area contributed by atoms with Crippen molar-refractivity contribution in [3.05, 3.63) is 45.9 Å². The highest BCUT2D eigenvalue weighted by atomic mass is 32.1. The van der Waals surface area contributed by atoms with E-state index >= 15 is 0 Å². The number of piperidine rings is 1. The highest BCUT2D eigenvalue weighted by molar-refractivity contribution is 7.14. The summed E-state index contributed by atoms with van der Waals surface area (Å²) < 4.78 is 1.83. The molecule has 8 heteroatoms. The van der Waals surface area contributed by atoms with Crippen LogP contribution in [-0.4, -0.2) is 44.8 Å². The lowest BCUT2D eigenvalue weighted by molar-refractivity contribution is -0.116. The summed E-state index contributed by atoms with van der Waals surface area (Å²) in [7, 11) is 0. The summed E-state index contributed by atoms with van der Waals surface area (Å²) >= 11 is 1.68. The molecule has 1 fully saturated rings. The van der Waals surface area contributed by atoms with Gasteiger partial charge >= 0.3 is 0 Å². The highest BCUT2D eigenvalue weighted by Gasteiger charge is 2.28. The molecule has 2 unspecified atom stereocenters. The van der Waals surface area contributed by atoms with Crippen molar-refractivity contribution in [1.82, 2.24) is 25.2 Å². The molecule has 2 aliphatic rings. The summed E-state index contributed by atoms with van der Waals surface area (Å²) in [6.07, 6.45) is 8.40. The number of aryl methyl sites for hydroxylation is 1. The zero-order valence-electron chi connectivity index (χ0n) is 16.8. The van der Waals surface area contributed by atoms with Crippen molar-refractivity contribution in [2.24, 2.45) is 5.92 Å². The van der Waals surface area contributed by atoms with Crippen LogP contribution in [0, 0.1) is 5.92 Å². The van der Waals surface area contributed by atoms with Crippen molar-refractivity contribution in [3.8, 4) is 0 Å². The molecule has 1 saturated heterocycles. The van der Waals surface area contributed by atoms with E-state index in [9.17, 15) is 9.59 Å². The highest BCUT2D eigenvalue weighted by Crippen LogP contribution is 2.33. The Morgan fingerprint density at radius 1 is 1.41 bits per heavy atom. The van der Waals surface area contributed by atoms with Gasteiger partial charge in [0.05, 0.1) is 23.7 Å². The molecule has 29 heavy (non-hydrogen) atoms. The van der Waals surface area contributed by atoms with Gasteiger partial charge in [0.1, 0.15) is 5.69 Å². The summed E-state index contributed by atoms with van der Waals surface area (Å²) in [5.74, 6) is 0.611. The third kappa shape index (κ3) is 4.42. The van der Waals surface area contributed by atoms with E-state index in [1.165, 1.54) is 22.9 Å². The minimum Gasteiger partial charge on any atom is -0.347 e. The first-order valence-electron chi connectivity index (χ1n) is 10.3. The number of nitrogens with zero attached hydrogens (tertiary/aromatic N) is 4. The van der Waals surface area contributed by atoms with Crippen LogP contribution in [0.4, 0.5) is 0 Å². The molecule has 2 atom stereocenters. The number of hydrogen-bond acceptors (Lipinski definition) is 5. The zero-order chi connectivity index (χ0) is 20.4. The average molecular weight is 414 g/mol. The first-order chi connectivity index (χ1) is 14.0. The van der Waals surface area contributed by atoms with Gasteiger partial charge in [0, 0.05) is 18.0 Å². The molecule has 0 saturated carbocycles. The molecule has 2 aromatic rings. The lowest BCUT2D eigenvalue weighted by atomic mass is 9.90. The fourth-order valence-corrected chi connectivity index (χ4v) is 5.32. The largest absolute Gasteiger partial charge is 0.347 e. The van der Waals surface area contributed by atoms with Crippen molar-refractivity contribution in [3.63, 3.8) is 0 Å². The van der Waals surface area contributed by atoms with E-state index in [1.807, 2.05) is 15.8 Å². The number of hydrogen-bond donors (Lipinski definition) is 1. The van der Waals surface area contributed by atoms with E-state index < -0.39 is 0 Å². The number of amides is 2. The minimum atomic E-state index is -0.234. The van der Waals surface area contributed by atoms with Crippen LogP contribution in [0.2, 0.25) is 0 Å². The van der Waals surface area contributed by atoms with Gasteiger partial charge in [0.2, 0.25) is 5.91 Å². The van der Waals surface area contributed by atoms with Gasteiger partial charge in [-0.3, -0.25) is 9.59 Å². The maximum Gasteiger partial charge on any atom is 0.264 e. The van der Waals surface area contributed by atoms with Gasteiger partial charge in [-0.1, -0.05) is 18.7 Å². The second-order valence-corrected chi connectivity index (χ2v) is 9.20. The van der Waals surface area contributed by atoms with Crippen molar-refractivity contribution >= 4 is 23.2 Å². The van der Waals surface area contributed by atoms with Gasteiger partial charge in [-0.25, -0.2) is 4.68 Å². The van der Waals surface area contributed by atoms with Crippen LogP contribution in [0.25, 0.3) is 0 Å². The molecular formula is C21H27N5O2S. The maximum absolute atomic E-state index is 13.1. The first kappa shape index (κ1) is 19.8. The van der Waals surface area contributed by atoms with E-state index in [-0.39, 0.29) is 17.9 Å². The van der Waals surface area contributed by atoms with Crippen molar-refractivity contribution in [2.45, 2.75) is 51.6 Å². The van der Waals surface area contributed by atoms with Crippen molar-refractivity contribution in [2.75, 3.05) is 13.1 Å². The van der Waals surface area contributed by atoms with E-state index in [2.05, 4.69) is 35.2 Å². The maximum atomic E-state index is 13.1. The van der Waals surface area contributed by atoms with E-state index in [0.29, 0.717) is 24.7 Å². The Hall–Kier alpha value is -2.48. The number of rotatable bonds is 5. The lowest BCUT2D eigenvalue weighted by Crippen LogP contribution is -2.40. The molecule has 0 bridgehead atoms. The molecule has 1 N–H and O–H groups in total. The molecule has 2 aromatic heterocycles. The Kier molecular flexibility index (Phi) is 5.80. The molecule has 1 aliphatic carbocycles. The number of carbonyl (C=O) groups is 2. The molecule has 7 nitrogen and oxygen atoms in total.